The molecule has 1 saturated heterocycles. The molecule has 0 aromatic rings. The third-order valence-corrected chi connectivity index (χ3v) is 2.62. The molecule has 0 aliphatic carbocycles. The van der Waals surface area contributed by atoms with E-state index in [0.29, 0.717) is 0 Å². The van der Waals surface area contributed by atoms with Crippen LogP contribution >= 0.6 is 0 Å². The van der Waals surface area contributed by atoms with Crippen LogP contribution in [0.3, 0.4) is 0 Å². The molecule has 2 atom stereocenters. The minimum Gasteiger partial charge on any atom is -0.320 e. The molecule has 0 radical (unpaired) electrons. The van der Waals surface area contributed by atoms with Crippen LogP contribution in [0.15, 0.2) is 0 Å². The molecule has 5 heteroatoms. The first-order valence-electron chi connectivity index (χ1n) is 4.44. The quantitative estimate of drug-likeness (QED) is 0.722. The van der Waals surface area contributed by atoms with Gasteiger partial charge in [0.1, 0.15) is 6.04 Å². The molecule has 1 fully saturated rings. The van der Waals surface area contributed by atoms with Gasteiger partial charge >= 0.3 is 6.18 Å². The first-order valence-corrected chi connectivity index (χ1v) is 4.44. The first kappa shape index (κ1) is 10.8. The van der Waals surface area contributed by atoms with E-state index in [2.05, 4.69) is 0 Å². The Labute approximate surface area is 75.9 Å². The second-order valence-corrected chi connectivity index (χ2v) is 3.66. The highest BCUT2D eigenvalue weighted by Gasteiger charge is 2.39. The molecule has 0 spiro atoms. The number of halogens is 3. The van der Waals surface area contributed by atoms with Crippen molar-refractivity contribution in [3.8, 4) is 0 Å². The molecule has 0 bridgehead atoms. The number of likely N-dealkylation sites (tertiary alicyclic amines) is 1. The number of hydrogen-bond acceptors (Lipinski definition) is 2. The van der Waals surface area contributed by atoms with Gasteiger partial charge in [-0.05, 0) is 32.9 Å². The SMILES string of the molecule is CN1CCCC1CC(N)C(F)(F)F. The maximum atomic E-state index is 12.1. The Kier molecular flexibility index (Phi) is 3.18. The normalized spacial score (nSPS) is 27.9. The van der Waals surface area contributed by atoms with Crippen molar-refractivity contribution in [3.63, 3.8) is 0 Å². The molecule has 0 aromatic heterocycles. The highest BCUT2D eigenvalue weighted by atomic mass is 19.4. The predicted molar refractivity (Wildman–Crippen MR) is 44.3 cm³/mol. The van der Waals surface area contributed by atoms with Crippen LogP contribution in [0.2, 0.25) is 0 Å². The molecular formula is C8H15F3N2. The van der Waals surface area contributed by atoms with Gasteiger partial charge in [0.15, 0.2) is 0 Å². The Bertz CT molecular complexity index is 169. The second-order valence-electron chi connectivity index (χ2n) is 3.66. The van der Waals surface area contributed by atoms with E-state index in [1.54, 1.807) is 0 Å². The zero-order valence-corrected chi connectivity index (χ0v) is 7.64. The monoisotopic (exact) mass is 196 g/mol. The van der Waals surface area contributed by atoms with Gasteiger partial charge in [-0.15, -0.1) is 0 Å². The molecule has 2 unspecified atom stereocenters. The summed E-state index contributed by atoms with van der Waals surface area (Å²) in [4.78, 5) is 1.95. The highest BCUT2D eigenvalue weighted by molar-refractivity contribution is 4.83. The summed E-state index contributed by atoms with van der Waals surface area (Å²) in [5, 5.41) is 0. The number of nitrogens with zero attached hydrogens (tertiary/aromatic N) is 1. The Morgan fingerprint density at radius 2 is 2.15 bits per heavy atom. The van der Waals surface area contributed by atoms with Crippen LogP contribution in [0, 0.1) is 0 Å². The predicted octanol–water partition coefficient (Wildman–Crippen LogP) is 1.36. The van der Waals surface area contributed by atoms with Gasteiger partial charge in [-0.1, -0.05) is 0 Å². The lowest BCUT2D eigenvalue weighted by Crippen LogP contribution is -2.42. The van der Waals surface area contributed by atoms with E-state index in [-0.39, 0.29) is 12.5 Å². The van der Waals surface area contributed by atoms with E-state index in [1.165, 1.54) is 0 Å². The number of alkyl halides is 3. The summed E-state index contributed by atoms with van der Waals surface area (Å²) in [7, 11) is 1.85. The van der Waals surface area contributed by atoms with Crippen molar-refractivity contribution in [2.75, 3.05) is 13.6 Å². The van der Waals surface area contributed by atoms with E-state index in [0.717, 1.165) is 19.4 Å². The maximum absolute atomic E-state index is 12.1. The van der Waals surface area contributed by atoms with Crippen LogP contribution < -0.4 is 5.73 Å². The van der Waals surface area contributed by atoms with Crippen molar-refractivity contribution >= 4 is 0 Å². The molecule has 1 aliphatic heterocycles. The third kappa shape index (κ3) is 2.84. The molecule has 78 valence electrons. The van der Waals surface area contributed by atoms with Gasteiger partial charge in [-0.2, -0.15) is 13.2 Å². The largest absolute Gasteiger partial charge is 0.403 e. The van der Waals surface area contributed by atoms with Crippen LogP contribution in [0.25, 0.3) is 0 Å². The lowest BCUT2D eigenvalue weighted by atomic mass is 10.1. The van der Waals surface area contributed by atoms with E-state index in [9.17, 15) is 13.2 Å². The summed E-state index contributed by atoms with van der Waals surface area (Å²) in [6, 6.07) is -1.66. The van der Waals surface area contributed by atoms with Crippen molar-refractivity contribution in [2.24, 2.45) is 5.73 Å². The molecule has 1 heterocycles. The van der Waals surface area contributed by atoms with Crippen molar-refractivity contribution in [1.29, 1.82) is 0 Å². The lowest BCUT2D eigenvalue weighted by Gasteiger charge is -2.24. The van der Waals surface area contributed by atoms with Gasteiger partial charge in [-0.3, -0.25) is 0 Å². The summed E-state index contributed by atoms with van der Waals surface area (Å²) >= 11 is 0. The summed E-state index contributed by atoms with van der Waals surface area (Å²) in [5.74, 6) is 0. The average Bonchev–Trinajstić information content (AvgIpc) is 2.34. The van der Waals surface area contributed by atoms with Gasteiger partial charge < -0.3 is 10.6 Å². The van der Waals surface area contributed by atoms with Gasteiger partial charge in [0.2, 0.25) is 0 Å². The fourth-order valence-corrected chi connectivity index (χ4v) is 1.70. The summed E-state index contributed by atoms with van der Waals surface area (Å²) in [6.07, 6.45) is -2.41. The van der Waals surface area contributed by atoms with Gasteiger partial charge in [0.05, 0.1) is 0 Å². The topological polar surface area (TPSA) is 29.3 Å². The van der Waals surface area contributed by atoms with Crippen LogP contribution in [0.5, 0.6) is 0 Å². The maximum Gasteiger partial charge on any atom is 0.403 e. The fraction of sp³-hybridized carbons (Fsp3) is 1.00. The standard InChI is InChI=1S/C8H15F3N2/c1-13-4-2-3-6(13)5-7(12)8(9,10)11/h6-7H,2-5,12H2,1H3. The first-order chi connectivity index (χ1) is 5.91. The summed E-state index contributed by atoms with van der Waals surface area (Å²) < 4.78 is 36.3. The summed E-state index contributed by atoms with van der Waals surface area (Å²) in [5.41, 5.74) is 5.04. The third-order valence-electron chi connectivity index (χ3n) is 2.62. The van der Waals surface area contributed by atoms with Crippen LogP contribution in [0.1, 0.15) is 19.3 Å². The molecule has 2 N–H and O–H groups in total. The second kappa shape index (κ2) is 3.84. The molecule has 0 saturated carbocycles. The van der Waals surface area contributed by atoms with Crippen LogP contribution in [-0.4, -0.2) is 36.8 Å². The zero-order valence-electron chi connectivity index (χ0n) is 7.64. The molecule has 13 heavy (non-hydrogen) atoms. The molecule has 0 aromatic carbocycles. The Morgan fingerprint density at radius 3 is 2.54 bits per heavy atom. The molecule has 2 nitrogen and oxygen atoms in total. The van der Waals surface area contributed by atoms with E-state index >= 15 is 0 Å². The molecular weight excluding hydrogens is 181 g/mol. The average molecular weight is 196 g/mol. The van der Waals surface area contributed by atoms with Gasteiger partial charge in [0, 0.05) is 6.04 Å². The van der Waals surface area contributed by atoms with Crippen LogP contribution in [-0.2, 0) is 0 Å². The fourth-order valence-electron chi connectivity index (χ4n) is 1.70. The Morgan fingerprint density at radius 1 is 1.54 bits per heavy atom. The molecule has 0 amide bonds. The Hall–Kier alpha value is -0.290. The number of nitrogens with two attached hydrogens (primary N) is 1. The number of rotatable bonds is 2. The molecule has 1 rings (SSSR count). The minimum atomic E-state index is -4.25. The molecule has 1 aliphatic rings. The van der Waals surface area contributed by atoms with Crippen molar-refractivity contribution in [1.82, 2.24) is 4.90 Å². The zero-order chi connectivity index (χ0) is 10.1. The Balaban J connectivity index is 2.40. The highest BCUT2D eigenvalue weighted by Crippen LogP contribution is 2.26. The van der Waals surface area contributed by atoms with Crippen molar-refractivity contribution in [3.05, 3.63) is 0 Å². The number of hydrogen-bond donors (Lipinski definition) is 1. The van der Waals surface area contributed by atoms with E-state index in [1.807, 2.05) is 11.9 Å². The van der Waals surface area contributed by atoms with Crippen molar-refractivity contribution < 1.29 is 13.2 Å². The summed E-state index contributed by atoms with van der Waals surface area (Å²) in [6.45, 7) is 0.884. The van der Waals surface area contributed by atoms with E-state index < -0.39 is 12.2 Å². The lowest BCUT2D eigenvalue weighted by molar-refractivity contribution is -0.151. The van der Waals surface area contributed by atoms with Gasteiger partial charge in [0.25, 0.3) is 0 Å². The van der Waals surface area contributed by atoms with E-state index in [4.69, 9.17) is 5.73 Å². The van der Waals surface area contributed by atoms with Gasteiger partial charge in [-0.25, -0.2) is 0 Å². The smallest absolute Gasteiger partial charge is 0.320 e. The minimum absolute atomic E-state index is 0.0108. The van der Waals surface area contributed by atoms with Crippen molar-refractivity contribution in [2.45, 2.75) is 37.5 Å². The van der Waals surface area contributed by atoms with Crippen LogP contribution in [0.4, 0.5) is 13.2 Å².